The zero-order chi connectivity index (χ0) is 21.5. The van der Waals surface area contributed by atoms with Gasteiger partial charge < -0.3 is 9.30 Å². The van der Waals surface area contributed by atoms with Crippen molar-refractivity contribution in [3.63, 3.8) is 0 Å². The van der Waals surface area contributed by atoms with Gasteiger partial charge in [-0.1, -0.05) is 23.7 Å². The molecule has 0 spiro atoms. The molecule has 0 atom stereocenters. The van der Waals surface area contributed by atoms with Crippen LogP contribution in [0.15, 0.2) is 64.4 Å². The van der Waals surface area contributed by atoms with Crippen molar-refractivity contribution < 1.29 is 4.74 Å². The van der Waals surface area contributed by atoms with E-state index in [-0.39, 0.29) is 11.2 Å². The number of hydrogen-bond donors (Lipinski definition) is 0. The first-order valence-corrected chi connectivity index (χ1v) is 10.5. The van der Waals surface area contributed by atoms with Gasteiger partial charge in [-0.15, -0.1) is 0 Å². The van der Waals surface area contributed by atoms with Crippen LogP contribution in [0.5, 0.6) is 5.75 Å². The summed E-state index contributed by atoms with van der Waals surface area (Å²) < 4.78 is 9.95. The highest BCUT2D eigenvalue weighted by Crippen LogP contribution is 2.30. The zero-order valence-electron chi connectivity index (χ0n) is 17.0. The Morgan fingerprint density at radius 2 is 1.90 bits per heavy atom. The molecule has 1 aliphatic carbocycles. The van der Waals surface area contributed by atoms with Crippen LogP contribution >= 0.6 is 11.6 Å². The number of rotatable bonds is 6. The number of fused-ring (bicyclic) bond motifs is 1. The quantitative estimate of drug-likeness (QED) is 0.464. The van der Waals surface area contributed by atoms with Crippen LogP contribution in [-0.2, 0) is 13.1 Å². The third-order valence-corrected chi connectivity index (χ3v) is 5.86. The summed E-state index contributed by atoms with van der Waals surface area (Å²) in [6.07, 6.45) is 3.68. The molecule has 0 aliphatic heterocycles. The summed E-state index contributed by atoms with van der Waals surface area (Å²) in [5, 5.41) is 0.572. The van der Waals surface area contributed by atoms with Gasteiger partial charge in [-0.2, -0.15) is 0 Å². The molecule has 0 saturated heterocycles. The van der Waals surface area contributed by atoms with Gasteiger partial charge in [-0.3, -0.25) is 9.36 Å². The van der Waals surface area contributed by atoms with Crippen LogP contribution in [0.25, 0.3) is 16.9 Å². The van der Waals surface area contributed by atoms with Crippen LogP contribution in [0.1, 0.15) is 18.4 Å². The average molecular weight is 437 g/mol. The fourth-order valence-corrected chi connectivity index (χ4v) is 3.94. The van der Waals surface area contributed by atoms with Crippen LogP contribution in [0.2, 0.25) is 5.02 Å². The second-order valence-corrected chi connectivity index (χ2v) is 8.29. The molecule has 31 heavy (non-hydrogen) atoms. The molecule has 1 fully saturated rings. The van der Waals surface area contributed by atoms with Crippen LogP contribution in [0, 0.1) is 5.92 Å². The first-order valence-electron chi connectivity index (χ1n) is 10.1. The molecule has 8 heteroatoms. The number of aromatic nitrogens is 4. The lowest BCUT2D eigenvalue weighted by Crippen LogP contribution is -2.40. The molecule has 1 aliphatic rings. The maximum atomic E-state index is 13.4. The van der Waals surface area contributed by atoms with Crippen molar-refractivity contribution in [3.8, 4) is 11.4 Å². The number of nitrogens with zero attached hydrogens (tertiary/aromatic N) is 4. The van der Waals surface area contributed by atoms with E-state index < -0.39 is 0 Å². The molecule has 0 N–H and O–H groups in total. The van der Waals surface area contributed by atoms with Gasteiger partial charge in [-0.25, -0.2) is 14.3 Å². The Morgan fingerprint density at radius 1 is 1.13 bits per heavy atom. The van der Waals surface area contributed by atoms with Gasteiger partial charge in [0.1, 0.15) is 5.75 Å². The molecular formula is C23H21ClN4O3. The van der Waals surface area contributed by atoms with Crippen molar-refractivity contribution >= 4 is 22.8 Å². The molecule has 2 aromatic heterocycles. The van der Waals surface area contributed by atoms with Gasteiger partial charge in [0.05, 0.1) is 19.1 Å². The van der Waals surface area contributed by atoms with E-state index in [0.717, 1.165) is 24.2 Å². The second kappa shape index (κ2) is 7.74. The highest BCUT2D eigenvalue weighted by atomic mass is 35.5. The maximum Gasteiger partial charge on any atom is 0.337 e. The molecule has 0 bridgehead atoms. The molecule has 2 aromatic carbocycles. The summed E-state index contributed by atoms with van der Waals surface area (Å²) in [4.78, 5) is 31.2. The minimum Gasteiger partial charge on any atom is -0.497 e. The molecule has 7 nitrogen and oxygen atoms in total. The van der Waals surface area contributed by atoms with Gasteiger partial charge in [0.15, 0.2) is 11.2 Å². The minimum atomic E-state index is -0.377. The largest absolute Gasteiger partial charge is 0.497 e. The number of methoxy groups -OCH3 is 1. The van der Waals surface area contributed by atoms with Crippen molar-refractivity contribution in [2.45, 2.75) is 25.9 Å². The Bertz CT molecular complexity index is 1380. The van der Waals surface area contributed by atoms with E-state index in [1.165, 1.54) is 9.13 Å². The lowest BCUT2D eigenvalue weighted by atomic mass is 10.2. The molecule has 1 saturated carbocycles. The molecule has 5 rings (SSSR count). The van der Waals surface area contributed by atoms with Crippen molar-refractivity contribution in [2.24, 2.45) is 5.92 Å². The molecule has 0 radical (unpaired) electrons. The standard InChI is InChI=1S/C23H21ClN4O3/c1-31-19-4-2-3-16(11-19)12-26-14-25-21-20(26)22(29)27(13-15-5-6-15)23(30)28(21)18-9-7-17(24)8-10-18/h2-4,7-11,14-15H,5-6,12-13H2,1H3. The number of imidazole rings is 1. The first kappa shape index (κ1) is 19.6. The second-order valence-electron chi connectivity index (χ2n) is 7.85. The molecule has 0 amide bonds. The van der Waals surface area contributed by atoms with Crippen LogP contribution in [0.3, 0.4) is 0 Å². The van der Waals surface area contributed by atoms with Crippen LogP contribution < -0.4 is 16.0 Å². The van der Waals surface area contributed by atoms with Crippen LogP contribution in [0.4, 0.5) is 0 Å². The maximum absolute atomic E-state index is 13.4. The molecule has 0 unspecified atom stereocenters. The first-order chi connectivity index (χ1) is 15.0. The summed E-state index contributed by atoms with van der Waals surface area (Å²) >= 11 is 6.04. The Labute approximate surface area is 183 Å². The van der Waals surface area contributed by atoms with Gasteiger partial charge in [0.25, 0.3) is 5.56 Å². The van der Waals surface area contributed by atoms with Crippen molar-refractivity contribution in [2.75, 3.05) is 7.11 Å². The highest BCUT2D eigenvalue weighted by molar-refractivity contribution is 6.30. The van der Waals surface area contributed by atoms with E-state index in [9.17, 15) is 9.59 Å². The Balaban J connectivity index is 1.72. The topological polar surface area (TPSA) is 71.1 Å². The van der Waals surface area contributed by atoms with E-state index in [4.69, 9.17) is 16.3 Å². The zero-order valence-corrected chi connectivity index (χ0v) is 17.7. The van der Waals surface area contributed by atoms with Gasteiger partial charge in [-0.05, 0) is 60.7 Å². The fourth-order valence-electron chi connectivity index (χ4n) is 3.81. The smallest absolute Gasteiger partial charge is 0.337 e. The Hall–Kier alpha value is -3.32. The molecule has 4 aromatic rings. The number of ether oxygens (including phenoxy) is 1. The van der Waals surface area contributed by atoms with Crippen LogP contribution in [-0.4, -0.2) is 25.8 Å². The predicted molar refractivity (Wildman–Crippen MR) is 119 cm³/mol. The van der Waals surface area contributed by atoms with E-state index in [2.05, 4.69) is 4.98 Å². The van der Waals surface area contributed by atoms with E-state index in [0.29, 0.717) is 40.9 Å². The number of halogens is 1. The fraction of sp³-hybridized carbons (Fsp3) is 0.261. The SMILES string of the molecule is COc1cccc(Cn2cnc3c2c(=O)n(CC2CC2)c(=O)n3-c2ccc(Cl)cc2)c1. The van der Waals surface area contributed by atoms with Gasteiger partial charge in [0, 0.05) is 18.1 Å². The summed E-state index contributed by atoms with van der Waals surface area (Å²) in [6.45, 7) is 0.858. The van der Waals surface area contributed by atoms with E-state index >= 15 is 0 Å². The lowest BCUT2D eigenvalue weighted by Gasteiger charge is -2.13. The van der Waals surface area contributed by atoms with E-state index in [1.54, 1.807) is 42.3 Å². The van der Waals surface area contributed by atoms with E-state index in [1.807, 2.05) is 24.3 Å². The number of hydrogen-bond acceptors (Lipinski definition) is 4. The lowest BCUT2D eigenvalue weighted by molar-refractivity contribution is 0.414. The van der Waals surface area contributed by atoms with Gasteiger partial charge >= 0.3 is 5.69 Å². The molecular weight excluding hydrogens is 416 g/mol. The molecule has 2 heterocycles. The summed E-state index contributed by atoms with van der Waals surface area (Å²) in [6, 6.07) is 14.6. The monoisotopic (exact) mass is 436 g/mol. The van der Waals surface area contributed by atoms with Crippen molar-refractivity contribution in [3.05, 3.63) is 86.3 Å². The third kappa shape index (κ3) is 3.65. The summed E-state index contributed by atoms with van der Waals surface area (Å²) in [5.41, 5.74) is 1.65. The Morgan fingerprint density at radius 3 is 2.61 bits per heavy atom. The van der Waals surface area contributed by atoms with Crippen molar-refractivity contribution in [1.29, 1.82) is 0 Å². The van der Waals surface area contributed by atoms with Gasteiger partial charge in [0.2, 0.25) is 0 Å². The summed E-state index contributed by atoms with van der Waals surface area (Å²) in [5.74, 6) is 1.11. The highest BCUT2D eigenvalue weighted by Gasteiger charge is 2.26. The third-order valence-electron chi connectivity index (χ3n) is 5.61. The van der Waals surface area contributed by atoms with Crippen molar-refractivity contribution in [1.82, 2.24) is 18.7 Å². The predicted octanol–water partition coefficient (Wildman–Crippen LogP) is 3.47. The number of benzene rings is 2. The molecule has 158 valence electrons. The normalized spacial score (nSPS) is 13.6. The average Bonchev–Trinajstić information content (AvgIpc) is 3.51. The Kier molecular flexibility index (Phi) is 4.90. The summed E-state index contributed by atoms with van der Waals surface area (Å²) in [7, 11) is 1.62. The minimum absolute atomic E-state index is 0.308.